The molecule has 1 aromatic heterocycles. The molecule has 154 valence electrons. The van der Waals surface area contributed by atoms with Gasteiger partial charge in [-0.3, -0.25) is 14.6 Å². The topological polar surface area (TPSA) is 71.1 Å². The van der Waals surface area contributed by atoms with E-state index >= 15 is 0 Å². The van der Waals surface area contributed by atoms with Gasteiger partial charge in [-0.05, 0) is 53.3 Å². The summed E-state index contributed by atoms with van der Waals surface area (Å²) in [5.41, 5.74) is 4.26. The second-order valence-corrected chi connectivity index (χ2v) is 8.27. The van der Waals surface area contributed by atoms with Gasteiger partial charge < -0.3 is 10.6 Å². The highest BCUT2D eigenvalue weighted by Crippen LogP contribution is 2.22. The highest BCUT2D eigenvalue weighted by molar-refractivity contribution is 6.04. The first-order valence-corrected chi connectivity index (χ1v) is 10.0. The molecule has 0 aliphatic rings. The molecule has 0 radical (unpaired) electrons. The molecular formula is C25H27N3O2. The summed E-state index contributed by atoms with van der Waals surface area (Å²) in [7, 11) is 0. The number of rotatable bonds is 6. The average molecular weight is 402 g/mol. The molecule has 0 atom stereocenters. The maximum atomic E-state index is 12.4. The van der Waals surface area contributed by atoms with Crippen molar-refractivity contribution in [3.63, 3.8) is 0 Å². The van der Waals surface area contributed by atoms with Crippen LogP contribution in [0, 0.1) is 0 Å². The third-order valence-corrected chi connectivity index (χ3v) is 4.79. The number of nitrogens with one attached hydrogen (secondary N) is 2. The van der Waals surface area contributed by atoms with Gasteiger partial charge in [-0.25, -0.2) is 0 Å². The van der Waals surface area contributed by atoms with Crippen molar-refractivity contribution < 1.29 is 9.59 Å². The SMILES string of the molecule is CC(C)(C)c1ccc(CCC(=O)Nc2cccc(NC(=O)c3cccnc3)c2)cc1. The van der Waals surface area contributed by atoms with Gasteiger partial charge >= 0.3 is 0 Å². The molecule has 0 fully saturated rings. The number of anilines is 2. The normalized spacial score (nSPS) is 11.0. The van der Waals surface area contributed by atoms with E-state index in [-0.39, 0.29) is 17.2 Å². The Kier molecular flexibility index (Phi) is 6.62. The summed E-state index contributed by atoms with van der Waals surface area (Å²) in [5.74, 6) is -0.309. The molecule has 0 unspecified atom stereocenters. The molecule has 0 saturated carbocycles. The maximum Gasteiger partial charge on any atom is 0.257 e. The van der Waals surface area contributed by atoms with Crippen molar-refractivity contribution in [2.75, 3.05) is 10.6 Å². The van der Waals surface area contributed by atoms with E-state index in [4.69, 9.17) is 0 Å². The number of benzene rings is 2. The standard InChI is InChI=1S/C25H27N3O2/c1-25(2,3)20-12-9-18(10-13-20)11-14-23(29)27-21-7-4-8-22(16-21)28-24(30)19-6-5-15-26-17-19/h4-10,12-13,15-17H,11,14H2,1-3H3,(H,27,29)(H,28,30). The predicted octanol–water partition coefficient (Wildman–Crippen LogP) is 5.20. The van der Waals surface area contributed by atoms with Crippen molar-refractivity contribution in [2.24, 2.45) is 0 Å². The minimum Gasteiger partial charge on any atom is -0.326 e. The molecule has 5 heteroatoms. The second-order valence-electron chi connectivity index (χ2n) is 8.27. The first kappa shape index (κ1) is 21.2. The zero-order valence-corrected chi connectivity index (χ0v) is 17.6. The summed E-state index contributed by atoms with van der Waals surface area (Å²) in [6, 6.07) is 18.9. The third kappa shape index (κ3) is 6.01. The minimum atomic E-state index is -0.245. The van der Waals surface area contributed by atoms with Gasteiger partial charge in [0.2, 0.25) is 5.91 Å². The second kappa shape index (κ2) is 9.35. The Morgan fingerprint density at radius 1 is 0.900 bits per heavy atom. The molecule has 0 saturated heterocycles. The molecule has 2 amide bonds. The van der Waals surface area contributed by atoms with E-state index in [1.54, 1.807) is 42.6 Å². The molecule has 0 spiro atoms. The molecule has 2 aromatic carbocycles. The van der Waals surface area contributed by atoms with Crippen LogP contribution in [0.15, 0.2) is 73.1 Å². The molecule has 0 aliphatic carbocycles. The van der Waals surface area contributed by atoms with E-state index < -0.39 is 0 Å². The quantitative estimate of drug-likeness (QED) is 0.596. The van der Waals surface area contributed by atoms with E-state index in [0.29, 0.717) is 29.8 Å². The molecule has 2 N–H and O–H groups in total. The van der Waals surface area contributed by atoms with Crippen LogP contribution in [-0.2, 0) is 16.6 Å². The number of amides is 2. The summed E-state index contributed by atoms with van der Waals surface area (Å²) in [4.78, 5) is 28.6. The number of nitrogens with zero attached hydrogens (tertiary/aromatic N) is 1. The fraction of sp³-hybridized carbons (Fsp3) is 0.240. The molecular weight excluding hydrogens is 374 g/mol. The molecule has 0 aliphatic heterocycles. The van der Waals surface area contributed by atoms with Crippen molar-refractivity contribution >= 4 is 23.2 Å². The lowest BCUT2D eigenvalue weighted by Gasteiger charge is -2.19. The van der Waals surface area contributed by atoms with Gasteiger partial charge in [0.05, 0.1) is 5.56 Å². The Morgan fingerprint density at radius 3 is 2.23 bits per heavy atom. The fourth-order valence-electron chi connectivity index (χ4n) is 3.03. The van der Waals surface area contributed by atoms with Gasteiger partial charge in [0.25, 0.3) is 5.91 Å². The lowest BCUT2D eigenvalue weighted by atomic mass is 9.86. The number of aryl methyl sites for hydroxylation is 1. The molecule has 5 nitrogen and oxygen atoms in total. The highest BCUT2D eigenvalue weighted by atomic mass is 16.2. The Labute approximate surface area is 177 Å². The van der Waals surface area contributed by atoms with Crippen molar-refractivity contribution in [3.8, 4) is 0 Å². The monoisotopic (exact) mass is 401 g/mol. The molecule has 30 heavy (non-hydrogen) atoms. The number of pyridine rings is 1. The molecule has 3 rings (SSSR count). The first-order valence-electron chi connectivity index (χ1n) is 10.0. The average Bonchev–Trinajstić information content (AvgIpc) is 2.73. The number of hydrogen-bond acceptors (Lipinski definition) is 3. The third-order valence-electron chi connectivity index (χ3n) is 4.79. The van der Waals surface area contributed by atoms with Crippen LogP contribution in [0.4, 0.5) is 11.4 Å². The maximum absolute atomic E-state index is 12.4. The van der Waals surface area contributed by atoms with Gasteiger partial charge in [-0.2, -0.15) is 0 Å². The van der Waals surface area contributed by atoms with Gasteiger partial charge in [-0.15, -0.1) is 0 Å². The summed E-state index contributed by atoms with van der Waals surface area (Å²) < 4.78 is 0. The summed E-state index contributed by atoms with van der Waals surface area (Å²) in [5, 5.41) is 5.72. The van der Waals surface area contributed by atoms with E-state index in [1.165, 1.54) is 11.8 Å². The Hall–Kier alpha value is -3.47. The van der Waals surface area contributed by atoms with E-state index in [2.05, 4.69) is 60.7 Å². The Bertz CT molecular complexity index is 1010. The van der Waals surface area contributed by atoms with Gasteiger partial charge in [0.15, 0.2) is 0 Å². The molecule has 3 aromatic rings. The van der Waals surface area contributed by atoms with Crippen LogP contribution in [0.5, 0.6) is 0 Å². The van der Waals surface area contributed by atoms with Crippen LogP contribution in [0.3, 0.4) is 0 Å². The molecule has 0 bridgehead atoms. The summed E-state index contributed by atoms with van der Waals surface area (Å²) >= 11 is 0. The first-order chi connectivity index (χ1) is 14.3. The van der Waals surface area contributed by atoms with Crippen molar-refractivity contribution in [3.05, 3.63) is 89.7 Å². The van der Waals surface area contributed by atoms with Gasteiger partial charge in [0.1, 0.15) is 0 Å². The van der Waals surface area contributed by atoms with Crippen LogP contribution in [0.25, 0.3) is 0 Å². The smallest absolute Gasteiger partial charge is 0.257 e. The van der Waals surface area contributed by atoms with Crippen molar-refractivity contribution in [1.82, 2.24) is 4.98 Å². The number of hydrogen-bond donors (Lipinski definition) is 2. The van der Waals surface area contributed by atoms with Crippen LogP contribution in [0.1, 0.15) is 48.7 Å². The van der Waals surface area contributed by atoms with Crippen LogP contribution >= 0.6 is 0 Å². The van der Waals surface area contributed by atoms with E-state index in [1.807, 2.05) is 0 Å². The van der Waals surface area contributed by atoms with Gasteiger partial charge in [0, 0.05) is 30.2 Å². The number of carbonyl (C=O) groups is 2. The van der Waals surface area contributed by atoms with Crippen LogP contribution < -0.4 is 10.6 Å². The summed E-state index contributed by atoms with van der Waals surface area (Å²) in [6.07, 6.45) is 4.19. The van der Waals surface area contributed by atoms with Crippen molar-refractivity contribution in [2.45, 2.75) is 39.0 Å². The fourth-order valence-corrected chi connectivity index (χ4v) is 3.03. The number of aromatic nitrogens is 1. The molecule has 1 heterocycles. The van der Waals surface area contributed by atoms with Crippen molar-refractivity contribution in [1.29, 1.82) is 0 Å². The minimum absolute atomic E-state index is 0.0642. The largest absolute Gasteiger partial charge is 0.326 e. The Morgan fingerprint density at radius 2 is 1.60 bits per heavy atom. The zero-order chi connectivity index (χ0) is 21.6. The number of carbonyl (C=O) groups excluding carboxylic acids is 2. The lowest BCUT2D eigenvalue weighted by molar-refractivity contribution is -0.116. The zero-order valence-electron chi connectivity index (χ0n) is 17.6. The van der Waals surface area contributed by atoms with E-state index in [0.717, 1.165) is 5.56 Å². The van der Waals surface area contributed by atoms with E-state index in [9.17, 15) is 9.59 Å². The lowest BCUT2D eigenvalue weighted by Crippen LogP contribution is -2.14. The highest BCUT2D eigenvalue weighted by Gasteiger charge is 2.13. The van der Waals surface area contributed by atoms with Crippen LogP contribution in [-0.4, -0.2) is 16.8 Å². The van der Waals surface area contributed by atoms with Gasteiger partial charge in [-0.1, -0.05) is 51.1 Å². The predicted molar refractivity (Wildman–Crippen MR) is 121 cm³/mol. The Balaban J connectivity index is 1.54. The summed E-state index contributed by atoms with van der Waals surface area (Å²) in [6.45, 7) is 6.55. The van der Waals surface area contributed by atoms with Crippen LogP contribution in [0.2, 0.25) is 0 Å².